The number of nitrogens with two attached hydrogens (primary N) is 1. The highest BCUT2D eigenvalue weighted by Gasteiger charge is 2.30. The van der Waals surface area contributed by atoms with Crippen LogP contribution in [0.15, 0.2) is 15.9 Å². The maximum Gasteiger partial charge on any atom is 0.0773 e. The van der Waals surface area contributed by atoms with Crippen LogP contribution in [0.2, 0.25) is 0 Å². The number of thiophene rings is 1. The van der Waals surface area contributed by atoms with Crippen LogP contribution < -0.4 is 5.73 Å². The Morgan fingerprint density at radius 1 is 1.50 bits per heavy atom. The minimum Gasteiger partial charge on any atom is -0.379 e. The maximum absolute atomic E-state index is 6.22. The molecule has 2 unspecified atom stereocenters. The van der Waals surface area contributed by atoms with Gasteiger partial charge in [-0.3, -0.25) is 0 Å². The summed E-state index contributed by atoms with van der Waals surface area (Å²) >= 11 is 5.19. The van der Waals surface area contributed by atoms with Crippen molar-refractivity contribution >= 4 is 27.3 Å². The number of halogens is 1. The molecule has 1 heterocycles. The fraction of sp³-hybridized carbons (Fsp3) is 0.667. The second-order valence-electron chi connectivity index (χ2n) is 5.12. The van der Waals surface area contributed by atoms with E-state index in [2.05, 4.69) is 48.1 Å². The van der Waals surface area contributed by atoms with Gasteiger partial charge in [-0.15, -0.1) is 11.3 Å². The Morgan fingerprint density at radius 3 is 2.50 bits per heavy atom. The molecule has 0 saturated carbocycles. The van der Waals surface area contributed by atoms with Gasteiger partial charge in [-0.1, -0.05) is 20.8 Å². The van der Waals surface area contributed by atoms with E-state index in [4.69, 9.17) is 10.5 Å². The molecule has 0 fully saturated rings. The number of ether oxygens (including phenoxy) is 1. The quantitative estimate of drug-likeness (QED) is 0.925. The van der Waals surface area contributed by atoms with Gasteiger partial charge in [0.2, 0.25) is 0 Å². The molecular weight excluding hydrogens is 286 g/mol. The molecule has 0 aliphatic heterocycles. The van der Waals surface area contributed by atoms with E-state index in [-0.39, 0.29) is 17.6 Å². The standard InChI is InChI=1S/C12H20BrNOS/c1-12(2,3)11(15-4)10(14)6-9-5-8(13)7-16-9/h5,7,10-11H,6,14H2,1-4H3. The average Bonchev–Trinajstić information content (AvgIpc) is 2.49. The van der Waals surface area contributed by atoms with Gasteiger partial charge in [0.25, 0.3) is 0 Å². The maximum atomic E-state index is 6.22. The first-order chi connectivity index (χ1) is 7.34. The third-order valence-electron chi connectivity index (χ3n) is 2.56. The first-order valence-corrected chi connectivity index (χ1v) is 7.03. The summed E-state index contributed by atoms with van der Waals surface area (Å²) in [7, 11) is 1.74. The van der Waals surface area contributed by atoms with Gasteiger partial charge in [0.05, 0.1) is 6.10 Å². The first-order valence-electron chi connectivity index (χ1n) is 5.36. The minimum absolute atomic E-state index is 0.0375. The van der Waals surface area contributed by atoms with Crippen LogP contribution in [0.3, 0.4) is 0 Å². The molecule has 0 aliphatic carbocycles. The lowest BCUT2D eigenvalue weighted by molar-refractivity contribution is -0.00149. The SMILES string of the molecule is COC(C(N)Cc1cc(Br)cs1)C(C)(C)C. The molecule has 1 aromatic heterocycles. The number of hydrogen-bond acceptors (Lipinski definition) is 3. The van der Waals surface area contributed by atoms with E-state index >= 15 is 0 Å². The first kappa shape index (κ1) is 14.2. The molecule has 2 atom stereocenters. The van der Waals surface area contributed by atoms with Crippen LogP contribution in [-0.4, -0.2) is 19.3 Å². The zero-order valence-electron chi connectivity index (χ0n) is 10.3. The molecule has 0 radical (unpaired) electrons. The van der Waals surface area contributed by atoms with Crippen LogP contribution in [0.1, 0.15) is 25.6 Å². The Bertz CT molecular complexity index is 332. The van der Waals surface area contributed by atoms with Gasteiger partial charge < -0.3 is 10.5 Å². The third-order valence-corrected chi connectivity index (χ3v) is 4.27. The predicted octanol–water partition coefficient (Wildman–Crippen LogP) is 3.44. The van der Waals surface area contributed by atoms with E-state index in [0.717, 1.165) is 10.9 Å². The number of rotatable bonds is 4. The van der Waals surface area contributed by atoms with Gasteiger partial charge in [-0.25, -0.2) is 0 Å². The predicted molar refractivity (Wildman–Crippen MR) is 74.0 cm³/mol. The van der Waals surface area contributed by atoms with Crippen molar-refractivity contribution in [1.29, 1.82) is 0 Å². The fourth-order valence-electron chi connectivity index (χ4n) is 1.97. The molecule has 0 bridgehead atoms. The molecule has 4 heteroatoms. The zero-order chi connectivity index (χ0) is 12.3. The molecule has 2 nitrogen and oxygen atoms in total. The highest BCUT2D eigenvalue weighted by Crippen LogP contribution is 2.27. The van der Waals surface area contributed by atoms with Crippen molar-refractivity contribution in [3.63, 3.8) is 0 Å². The van der Waals surface area contributed by atoms with E-state index in [1.807, 2.05) is 0 Å². The average molecular weight is 306 g/mol. The monoisotopic (exact) mass is 305 g/mol. The zero-order valence-corrected chi connectivity index (χ0v) is 12.7. The van der Waals surface area contributed by atoms with Crippen LogP contribution in [0.4, 0.5) is 0 Å². The van der Waals surface area contributed by atoms with Crippen molar-refractivity contribution in [1.82, 2.24) is 0 Å². The highest BCUT2D eigenvalue weighted by molar-refractivity contribution is 9.10. The number of hydrogen-bond donors (Lipinski definition) is 1. The van der Waals surface area contributed by atoms with E-state index in [1.165, 1.54) is 4.88 Å². The molecule has 1 aromatic rings. The smallest absolute Gasteiger partial charge is 0.0773 e. The van der Waals surface area contributed by atoms with Crippen molar-refractivity contribution in [2.45, 2.75) is 39.3 Å². The molecule has 2 N–H and O–H groups in total. The van der Waals surface area contributed by atoms with Gasteiger partial charge in [0, 0.05) is 27.9 Å². The van der Waals surface area contributed by atoms with Crippen molar-refractivity contribution in [3.8, 4) is 0 Å². The van der Waals surface area contributed by atoms with Gasteiger partial charge in [-0.05, 0) is 33.8 Å². The molecule has 0 amide bonds. The molecule has 0 saturated heterocycles. The lowest BCUT2D eigenvalue weighted by Gasteiger charge is -2.33. The minimum atomic E-state index is 0.0375. The summed E-state index contributed by atoms with van der Waals surface area (Å²) in [5.41, 5.74) is 6.29. The second kappa shape index (κ2) is 5.63. The van der Waals surface area contributed by atoms with Crippen molar-refractivity contribution in [2.75, 3.05) is 7.11 Å². The third kappa shape index (κ3) is 3.84. The lowest BCUT2D eigenvalue weighted by Crippen LogP contribution is -2.45. The van der Waals surface area contributed by atoms with E-state index in [0.29, 0.717) is 0 Å². The largest absolute Gasteiger partial charge is 0.379 e. The van der Waals surface area contributed by atoms with Gasteiger partial charge in [0.1, 0.15) is 0 Å². The Labute approximate surface area is 110 Å². The molecule has 0 aromatic carbocycles. The summed E-state index contributed by atoms with van der Waals surface area (Å²) < 4.78 is 6.65. The van der Waals surface area contributed by atoms with Gasteiger partial charge in [-0.2, -0.15) is 0 Å². The molecule has 1 rings (SSSR count). The van der Waals surface area contributed by atoms with Crippen LogP contribution in [0.5, 0.6) is 0 Å². The van der Waals surface area contributed by atoms with Crippen molar-refractivity contribution < 1.29 is 4.74 Å². The van der Waals surface area contributed by atoms with Crippen LogP contribution in [-0.2, 0) is 11.2 Å². The summed E-state index contributed by atoms with van der Waals surface area (Å²) in [6.45, 7) is 6.47. The van der Waals surface area contributed by atoms with Gasteiger partial charge >= 0.3 is 0 Å². The second-order valence-corrected chi connectivity index (χ2v) is 7.03. The van der Waals surface area contributed by atoms with Crippen LogP contribution in [0.25, 0.3) is 0 Å². The van der Waals surface area contributed by atoms with Gasteiger partial charge in [0.15, 0.2) is 0 Å². The molecule has 92 valence electrons. The summed E-state index contributed by atoms with van der Waals surface area (Å²) in [6, 6.07) is 2.16. The van der Waals surface area contributed by atoms with Crippen molar-refractivity contribution in [3.05, 3.63) is 20.8 Å². The Hall–Kier alpha value is 0.1000. The summed E-state index contributed by atoms with van der Waals surface area (Å²) in [5, 5.41) is 2.08. The highest BCUT2D eigenvalue weighted by atomic mass is 79.9. The van der Waals surface area contributed by atoms with E-state index < -0.39 is 0 Å². The normalized spacial score (nSPS) is 16.1. The Balaban J connectivity index is 2.66. The molecule has 16 heavy (non-hydrogen) atoms. The molecule has 0 aliphatic rings. The topological polar surface area (TPSA) is 35.2 Å². The molecule has 0 spiro atoms. The molecular formula is C12H20BrNOS. The summed E-state index contributed by atoms with van der Waals surface area (Å²) in [4.78, 5) is 1.30. The summed E-state index contributed by atoms with van der Waals surface area (Å²) in [5.74, 6) is 0. The van der Waals surface area contributed by atoms with E-state index in [1.54, 1.807) is 18.4 Å². The summed E-state index contributed by atoms with van der Waals surface area (Å²) in [6.07, 6.45) is 0.944. The van der Waals surface area contributed by atoms with Crippen molar-refractivity contribution in [2.24, 2.45) is 11.1 Å². The fourth-order valence-corrected chi connectivity index (χ4v) is 3.49. The number of methoxy groups -OCH3 is 1. The Morgan fingerprint density at radius 2 is 2.12 bits per heavy atom. The van der Waals surface area contributed by atoms with Crippen LogP contribution >= 0.6 is 27.3 Å². The van der Waals surface area contributed by atoms with E-state index in [9.17, 15) is 0 Å². The Kier molecular flexibility index (Phi) is 4.98. The van der Waals surface area contributed by atoms with Crippen LogP contribution in [0, 0.1) is 5.41 Å². The lowest BCUT2D eigenvalue weighted by atomic mass is 9.83.